The second-order valence-electron chi connectivity index (χ2n) is 7.29. The summed E-state index contributed by atoms with van der Waals surface area (Å²) < 4.78 is 11.0. The van der Waals surface area contributed by atoms with Crippen molar-refractivity contribution >= 4 is 17.5 Å². The van der Waals surface area contributed by atoms with Gasteiger partial charge in [-0.1, -0.05) is 18.2 Å². The molecule has 1 N–H and O–H groups in total. The Morgan fingerprint density at radius 2 is 1.93 bits per heavy atom. The summed E-state index contributed by atoms with van der Waals surface area (Å²) >= 11 is 0. The lowest BCUT2D eigenvalue weighted by molar-refractivity contribution is -0.118. The standard InChI is InChI=1S/C24H28N2O4/c1-4-8-18-11-12-21(22(15-18)29-3)30-16-23(27)25-20-10-7-9-19(17(20)2)24(28)26-13-5-6-14-26/h4,7,9-12,15H,1,5-6,8,13-14,16H2,2-3H3,(H,25,27). The molecule has 158 valence electrons. The van der Waals surface area contributed by atoms with Gasteiger partial charge in [-0.15, -0.1) is 6.58 Å². The van der Waals surface area contributed by atoms with Crippen molar-refractivity contribution in [2.45, 2.75) is 26.2 Å². The lowest BCUT2D eigenvalue weighted by Gasteiger charge is -2.18. The van der Waals surface area contributed by atoms with E-state index < -0.39 is 0 Å². The van der Waals surface area contributed by atoms with Gasteiger partial charge < -0.3 is 19.7 Å². The molecule has 1 heterocycles. The van der Waals surface area contributed by atoms with Gasteiger partial charge in [0.2, 0.25) is 0 Å². The molecule has 2 amide bonds. The number of hydrogen-bond acceptors (Lipinski definition) is 4. The average molecular weight is 408 g/mol. The van der Waals surface area contributed by atoms with Crippen molar-refractivity contribution < 1.29 is 19.1 Å². The zero-order chi connectivity index (χ0) is 21.5. The number of carbonyl (C=O) groups is 2. The van der Waals surface area contributed by atoms with Crippen molar-refractivity contribution in [1.29, 1.82) is 0 Å². The van der Waals surface area contributed by atoms with Crippen LogP contribution in [0.1, 0.15) is 34.3 Å². The zero-order valence-corrected chi connectivity index (χ0v) is 17.6. The molecular weight excluding hydrogens is 380 g/mol. The number of allylic oxidation sites excluding steroid dienone is 1. The molecule has 0 aromatic heterocycles. The van der Waals surface area contributed by atoms with E-state index in [1.165, 1.54) is 0 Å². The third-order valence-corrected chi connectivity index (χ3v) is 5.20. The van der Waals surface area contributed by atoms with Gasteiger partial charge in [0.25, 0.3) is 11.8 Å². The first-order chi connectivity index (χ1) is 14.5. The number of likely N-dealkylation sites (tertiary alicyclic amines) is 1. The minimum absolute atomic E-state index is 0.0155. The predicted molar refractivity (Wildman–Crippen MR) is 117 cm³/mol. The van der Waals surface area contributed by atoms with Crippen molar-refractivity contribution in [2.75, 3.05) is 32.1 Å². The molecule has 1 aliphatic heterocycles. The molecule has 0 unspecified atom stereocenters. The van der Waals surface area contributed by atoms with Gasteiger partial charge in [0.1, 0.15) is 0 Å². The Bertz CT molecular complexity index is 933. The first-order valence-corrected chi connectivity index (χ1v) is 10.1. The van der Waals surface area contributed by atoms with E-state index in [0.717, 1.165) is 43.5 Å². The van der Waals surface area contributed by atoms with Gasteiger partial charge in [0.15, 0.2) is 18.1 Å². The second kappa shape index (κ2) is 9.96. The van der Waals surface area contributed by atoms with Crippen LogP contribution in [0.5, 0.6) is 11.5 Å². The Hall–Kier alpha value is -3.28. The van der Waals surface area contributed by atoms with Gasteiger partial charge in [-0.25, -0.2) is 0 Å². The average Bonchev–Trinajstić information content (AvgIpc) is 3.29. The number of carbonyl (C=O) groups excluding carboxylic acids is 2. The predicted octanol–water partition coefficient (Wildman–Crippen LogP) is 3.99. The van der Waals surface area contributed by atoms with E-state index in [0.29, 0.717) is 22.7 Å². The molecule has 0 saturated carbocycles. The smallest absolute Gasteiger partial charge is 0.262 e. The van der Waals surface area contributed by atoms with E-state index in [9.17, 15) is 9.59 Å². The fraction of sp³-hybridized carbons (Fsp3) is 0.333. The van der Waals surface area contributed by atoms with E-state index in [1.807, 2.05) is 30.0 Å². The maximum absolute atomic E-state index is 12.7. The maximum atomic E-state index is 12.7. The van der Waals surface area contributed by atoms with Crippen LogP contribution < -0.4 is 14.8 Å². The molecule has 0 aliphatic carbocycles. The highest BCUT2D eigenvalue weighted by atomic mass is 16.5. The topological polar surface area (TPSA) is 67.9 Å². The van der Waals surface area contributed by atoms with Crippen LogP contribution in [-0.4, -0.2) is 43.5 Å². The highest BCUT2D eigenvalue weighted by molar-refractivity contribution is 5.99. The van der Waals surface area contributed by atoms with Crippen molar-refractivity contribution in [2.24, 2.45) is 0 Å². The summed E-state index contributed by atoms with van der Waals surface area (Å²) in [6.07, 6.45) is 4.61. The highest BCUT2D eigenvalue weighted by Gasteiger charge is 2.22. The van der Waals surface area contributed by atoms with Crippen LogP contribution in [0, 0.1) is 6.92 Å². The fourth-order valence-corrected chi connectivity index (χ4v) is 3.55. The van der Waals surface area contributed by atoms with Crippen molar-refractivity contribution in [3.63, 3.8) is 0 Å². The van der Waals surface area contributed by atoms with Crippen molar-refractivity contribution in [3.8, 4) is 11.5 Å². The molecule has 1 fully saturated rings. The van der Waals surface area contributed by atoms with E-state index >= 15 is 0 Å². The third-order valence-electron chi connectivity index (χ3n) is 5.20. The van der Waals surface area contributed by atoms with Gasteiger partial charge in [-0.05, 0) is 61.6 Å². The number of hydrogen-bond donors (Lipinski definition) is 1. The lowest BCUT2D eigenvalue weighted by Crippen LogP contribution is -2.28. The maximum Gasteiger partial charge on any atom is 0.262 e. The van der Waals surface area contributed by atoms with Gasteiger partial charge >= 0.3 is 0 Å². The molecule has 6 nitrogen and oxygen atoms in total. The van der Waals surface area contributed by atoms with Gasteiger partial charge in [-0.2, -0.15) is 0 Å². The summed E-state index contributed by atoms with van der Waals surface area (Å²) in [6.45, 7) is 6.99. The van der Waals surface area contributed by atoms with Gasteiger partial charge in [0, 0.05) is 24.3 Å². The Kier molecular flexibility index (Phi) is 7.12. The molecule has 6 heteroatoms. The normalized spacial score (nSPS) is 13.1. The summed E-state index contributed by atoms with van der Waals surface area (Å²) in [7, 11) is 1.56. The van der Waals surface area contributed by atoms with Crippen molar-refractivity contribution in [1.82, 2.24) is 4.90 Å². The number of benzene rings is 2. The van der Waals surface area contributed by atoms with Crippen LogP contribution >= 0.6 is 0 Å². The van der Waals surface area contributed by atoms with Crippen LogP contribution in [0.15, 0.2) is 49.1 Å². The number of nitrogens with zero attached hydrogens (tertiary/aromatic N) is 1. The Balaban J connectivity index is 1.64. The molecule has 0 bridgehead atoms. The summed E-state index contributed by atoms with van der Waals surface area (Å²) in [5.74, 6) is 0.773. The Labute approximate surface area is 177 Å². The Morgan fingerprint density at radius 1 is 1.17 bits per heavy atom. The van der Waals surface area contributed by atoms with Crippen molar-refractivity contribution in [3.05, 3.63) is 65.7 Å². The summed E-state index contributed by atoms with van der Waals surface area (Å²) in [6, 6.07) is 10.9. The Morgan fingerprint density at radius 3 is 2.63 bits per heavy atom. The molecule has 1 saturated heterocycles. The number of rotatable bonds is 8. The molecule has 3 rings (SSSR count). The van der Waals surface area contributed by atoms with Crippen LogP contribution in [0.4, 0.5) is 5.69 Å². The largest absolute Gasteiger partial charge is 0.493 e. The van der Waals surface area contributed by atoms with Crippen LogP contribution in [0.3, 0.4) is 0 Å². The number of methoxy groups -OCH3 is 1. The molecule has 2 aromatic carbocycles. The third kappa shape index (κ3) is 5.00. The SMILES string of the molecule is C=CCc1ccc(OCC(=O)Nc2cccc(C(=O)N3CCCC3)c2C)c(OC)c1. The van der Waals surface area contributed by atoms with E-state index in [-0.39, 0.29) is 18.4 Å². The quantitative estimate of drug-likeness (QED) is 0.671. The second-order valence-corrected chi connectivity index (χ2v) is 7.29. The molecule has 30 heavy (non-hydrogen) atoms. The van der Waals surface area contributed by atoms with Gasteiger partial charge in [-0.3, -0.25) is 9.59 Å². The molecular formula is C24H28N2O4. The summed E-state index contributed by atoms with van der Waals surface area (Å²) in [4.78, 5) is 27.0. The number of amides is 2. The van der Waals surface area contributed by atoms with Crippen LogP contribution in [-0.2, 0) is 11.2 Å². The highest BCUT2D eigenvalue weighted by Crippen LogP contribution is 2.28. The number of anilines is 1. The first kappa shape index (κ1) is 21.4. The fourth-order valence-electron chi connectivity index (χ4n) is 3.55. The number of ether oxygens (including phenoxy) is 2. The van der Waals surface area contributed by atoms with E-state index in [4.69, 9.17) is 9.47 Å². The molecule has 1 aliphatic rings. The van der Waals surface area contributed by atoms with Crippen LogP contribution in [0.25, 0.3) is 0 Å². The molecule has 0 atom stereocenters. The molecule has 2 aromatic rings. The number of nitrogens with one attached hydrogen (secondary N) is 1. The minimum Gasteiger partial charge on any atom is -0.493 e. The summed E-state index contributed by atoms with van der Waals surface area (Å²) in [5.41, 5.74) is 3.04. The van der Waals surface area contributed by atoms with Crippen LogP contribution in [0.2, 0.25) is 0 Å². The van der Waals surface area contributed by atoms with Gasteiger partial charge in [0.05, 0.1) is 7.11 Å². The minimum atomic E-state index is -0.305. The van der Waals surface area contributed by atoms with E-state index in [2.05, 4.69) is 11.9 Å². The monoisotopic (exact) mass is 408 g/mol. The zero-order valence-electron chi connectivity index (χ0n) is 17.6. The molecule has 0 spiro atoms. The lowest BCUT2D eigenvalue weighted by atomic mass is 10.1. The summed E-state index contributed by atoms with van der Waals surface area (Å²) in [5, 5.41) is 2.85. The molecule has 0 radical (unpaired) electrons. The first-order valence-electron chi connectivity index (χ1n) is 10.1. The van der Waals surface area contributed by atoms with E-state index in [1.54, 1.807) is 31.4 Å².